The molecule has 8 nitrogen and oxygen atoms in total. The van der Waals surface area contributed by atoms with Crippen LogP contribution in [0.1, 0.15) is 0 Å². The molecule has 8 unspecified atom stereocenters. The molecule has 2 bridgehead atoms. The van der Waals surface area contributed by atoms with Gasteiger partial charge in [0, 0.05) is 0 Å². The highest BCUT2D eigenvalue weighted by Gasteiger charge is 2.74. The zero-order valence-electron chi connectivity index (χ0n) is 18.1. The lowest BCUT2D eigenvalue weighted by Gasteiger charge is -2.60. The number of imide groups is 2. The zero-order chi connectivity index (χ0) is 21.5. The van der Waals surface area contributed by atoms with Crippen LogP contribution in [0, 0.1) is 47.3 Å². The van der Waals surface area contributed by atoms with Crippen LogP contribution in [0.15, 0.2) is 12.2 Å². The molecule has 6 aliphatic rings. The second-order valence-corrected chi connectivity index (χ2v) is 10.4. The van der Waals surface area contributed by atoms with Crippen LogP contribution >= 0.6 is 0 Å². The number of carbonyl (C=O) groups is 4. The van der Waals surface area contributed by atoms with Crippen molar-refractivity contribution < 1.29 is 29.0 Å². The van der Waals surface area contributed by atoms with Crippen molar-refractivity contribution in [2.24, 2.45) is 47.3 Å². The summed E-state index contributed by atoms with van der Waals surface area (Å²) in [5.41, 5.74) is 0. The summed E-state index contributed by atoms with van der Waals surface area (Å²) in [4.78, 5) is 57.9. The molecule has 0 aromatic carbocycles. The Bertz CT molecular complexity index is 796. The smallest absolute Gasteiger partial charge is 0.233 e. The topological polar surface area (TPSA) is 83.6 Å². The van der Waals surface area contributed by atoms with E-state index in [0.29, 0.717) is 13.1 Å². The van der Waals surface area contributed by atoms with E-state index in [2.05, 4.69) is 12.2 Å². The summed E-state index contributed by atoms with van der Waals surface area (Å²) in [5.74, 6) is -1.73. The summed E-state index contributed by atoms with van der Waals surface area (Å²) in [6.07, 6.45) is 4.14. The third kappa shape index (κ3) is 2.46. The van der Waals surface area contributed by atoms with E-state index in [1.165, 1.54) is 19.6 Å². The van der Waals surface area contributed by atoms with Crippen molar-refractivity contribution in [3.05, 3.63) is 12.2 Å². The number of carbonyl (C=O) groups excluding carboxylic acids is 4. The molecule has 2 aliphatic heterocycles. The maximum absolute atomic E-state index is 13.2. The summed E-state index contributed by atoms with van der Waals surface area (Å²) < 4.78 is 0. The van der Waals surface area contributed by atoms with Crippen LogP contribution in [0.5, 0.6) is 0 Å². The van der Waals surface area contributed by atoms with Crippen molar-refractivity contribution in [1.29, 1.82) is 0 Å². The Morgan fingerprint density at radius 2 is 0.967 bits per heavy atom. The molecule has 30 heavy (non-hydrogen) atoms. The second kappa shape index (κ2) is 6.72. The van der Waals surface area contributed by atoms with Gasteiger partial charge in [-0.25, -0.2) is 0 Å². The SMILES string of the molecule is C[NH+](C)CCN1C(=O)C2C3C=CC(C2C1=O)C1C2C(=O)N(CC[NH+](C)C)C(=O)C2C31. The molecule has 162 valence electrons. The fraction of sp³-hybridized carbons (Fsp3) is 0.727. The molecule has 6 rings (SSSR count). The first-order chi connectivity index (χ1) is 14.2. The van der Waals surface area contributed by atoms with Crippen LogP contribution in [0.25, 0.3) is 0 Å². The average Bonchev–Trinajstić information content (AvgIpc) is 3.03. The Balaban J connectivity index is 1.41. The van der Waals surface area contributed by atoms with Crippen molar-refractivity contribution >= 4 is 23.6 Å². The van der Waals surface area contributed by atoms with Gasteiger partial charge in [0.1, 0.15) is 0 Å². The number of quaternary nitrogens is 2. The molecule has 0 radical (unpaired) electrons. The summed E-state index contributed by atoms with van der Waals surface area (Å²) in [5, 5.41) is 0. The van der Waals surface area contributed by atoms with Crippen molar-refractivity contribution in [1.82, 2.24) is 9.80 Å². The summed E-state index contributed by atoms with van der Waals surface area (Å²) >= 11 is 0. The molecule has 0 aromatic rings. The minimum Gasteiger partial charge on any atom is -0.338 e. The molecule has 8 atom stereocenters. The molecule has 2 heterocycles. The Kier molecular flexibility index (Phi) is 4.45. The Morgan fingerprint density at radius 3 is 1.30 bits per heavy atom. The Labute approximate surface area is 176 Å². The summed E-state index contributed by atoms with van der Waals surface area (Å²) in [7, 11) is 8.02. The van der Waals surface area contributed by atoms with Crippen molar-refractivity contribution in [2.45, 2.75) is 0 Å². The number of hydrogen-bond acceptors (Lipinski definition) is 4. The molecule has 2 saturated carbocycles. The molecule has 4 amide bonds. The Morgan fingerprint density at radius 1 is 0.633 bits per heavy atom. The van der Waals surface area contributed by atoms with E-state index in [4.69, 9.17) is 0 Å². The standard InChI is InChI=1S/C22H30N4O4/c1-23(2)7-9-25-19(27)15-11-5-6-12(16(15)20(25)28)14-13(11)17-18(14)22(30)26(21(17)29)10-8-24(3)4/h5-6,11-18H,7-10H2,1-4H3/p+2. The van der Waals surface area contributed by atoms with Crippen LogP contribution in [0.2, 0.25) is 0 Å². The first-order valence-electron chi connectivity index (χ1n) is 11.2. The van der Waals surface area contributed by atoms with E-state index in [9.17, 15) is 19.2 Å². The van der Waals surface area contributed by atoms with E-state index in [-0.39, 0.29) is 71.0 Å². The number of rotatable bonds is 6. The fourth-order valence-corrected chi connectivity index (χ4v) is 6.84. The van der Waals surface area contributed by atoms with Gasteiger partial charge in [0.25, 0.3) is 0 Å². The van der Waals surface area contributed by atoms with Gasteiger partial charge in [0.05, 0.1) is 78.0 Å². The van der Waals surface area contributed by atoms with Crippen LogP contribution in [-0.4, -0.2) is 87.8 Å². The first kappa shape index (κ1) is 19.9. The van der Waals surface area contributed by atoms with E-state index in [1.807, 2.05) is 28.2 Å². The van der Waals surface area contributed by atoms with E-state index in [1.54, 1.807) is 0 Å². The predicted octanol–water partition coefficient (Wildman–Crippen LogP) is -3.46. The van der Waals surface area contributed by atoms with Gasteiger partial charge in [0.2, 0.25) is 23.6 Å². The van der Waals surface area contributed by atoms with E-state index >= 15 is 0 Å². The largest absolute Gasteiger partial charge is 0.338 e. The third-order valence-corrected chi connectivity index (χ3v) is 8.20. The van der Waals surface area contributed by atoms with Gasteiger partial charge >= 0.3 is 0 Å². The number of hydrogen-bond donors (Lipinski definition) is 2. The van der Waals surface area contributed by atoms with E-state index < -0.39 is 0 Å². The van der Waals surface area contributed by atoms with Gasteiger partial charge < -0.3 is 9.80 Å². The number of nitrogens with zero attached hydrogens (tertiary/aromatic N) is 2. The summed E-state index contributed by atoms with van der Waals surface area (Å²) in [6, 6.07) is 0. The molecular weight excluding hydrogens is 384 g/mol. The van der Waals surface area contributed by atoms with E-state index in [0.717, 1.165) is 13.1 Å². The lowest BCUT2D eigenvalue weighted by Crippen LogP contribution is -3.06. The molecule has 8 heteroatoms. The van der Waals surface area contributed by atoms with Gasteiger partial charge in [-0.05, 0) is 23.7 Å². The van der Waals surface area contributed by atoms with Gasteiger partial charge in [-0.2, -0.15) is 0 Å². The zero-order valence-corrected chi connectivity index (χ0v) is 18.1. The third-order valence-electron chi connectivity index (χ3n) is 8.20. The van der Waals surface area contributed by atoms with Crippen molar-refractivity contribution in [3.8, 4) is 0 Å². The molecule has 4 aliphatic carbocycles. The molecule has 2 N–H and O–H groups in total. The lowest BCUT2D eigenvalue weighted by atomic mass is 9.40. The number of likely N-dealkylation sites (tertiary alicyclic amines) is 2. The second-order valence-electron chi connectivity index (χ2n) is 10.4. The fourth-order valence-electron chi connectivity index (χ4n) is 6.84. The highest BCUT2D eigenvalue weighted by atomic mass is 16.2. The minimum absolute atomic E-state index is 0.0237. The monoisotopic (exact) mass is 416 g/mol. The normalized spacial score (nSPS) is 41.1. The summed E-state index contributed by atoms with van der Waals surface area (Å²) in [6.45, 7) is 2.33. The number of amides is 4. The quantitative estimate of drug-likeness (QED) is 0.348. The molecule has 2 saturated heterocycles. The van der Waals surface area contributed by atoms with Gasteiger partial charge in [-0.1, -0.05) is 12.2 Å². The number of fused-ring (bicyclic) bond motifs is 1. The van der Waals surface area contributed by atoms with Crippen LogP contribution in [-0.2, 0) is 19.2 Å². The average molecular weight is 417 g/mol. The molecule has 4 fully saturated rings. The van der Waals surface area contributed by atoms with Crippen LogP contribution in [0.4, 0.5) is 0 Å². The molecular formula is C22H32N4O4+2. The van der Waals surface area contributed by atoms with Crippen LogP contribution in [0.3, 0.4) is 0 Å². The lowest BCUT2D eigenvalue weighted by molar-refractivity contribution is -0.857. The van der Waals surface area contributed by atoms with Crippen molar-refractivity contribution in [2.75, 3.05) is 54.4 Å². The van der Waals surface area contributed by atoms with Gasteiger partial charge in [-0.3, -0.25) is 29.0 Å². The predicted molar refractivity (Wildman–Crippen MR) is 106 cm³/mol. The Hall–Kier alpha value is -2.06. The minimum atomic E-state index is -0.352. The van der Waals surface area contributed by atoms with Crippen molar-refractivity contribution in [3.63, 3.8) is 0 Å². The highest BCUT2D eigenvalue weighted by Crippen LogP contribution is 2.68. The first-order valence-corrected chi connectivity index (χ1v) is 11.2. The number of nitrogens with one attached hydrogen (secondary N) is 2. The molecule has 0 spiro atoms. The number of likely N-dealkylation sites (N-methyl/N-ethyl adjacent to an activating group) is 2. The molecule has 0 aromatic heterocycles. The highest BCUT2D eigenvalue weighted by molar-refractivity contribution is 6.09. The van der Waals surface area contributed by atoms with Gasteiger partial charge in [0.15, 0.2) is 0 Å². The maximum atomic E-state index is 13.2. The maximum Gasteiger partial charge on any atom is 0.233 e. The number of allylic oxidation sites excluding steroid dienone is 2. The van der Waals surface area contributed by atoms with Gasteiger partial charge in [-0.15, -0.1) is 0 Å². The van der Waals surface area contributed by atoms with Crippen LogP contribution < -0.4 is 9.80 Å².